The summed E-state index contributed by atoms with van der Waals surface area (Å²) in [6, 6.07) is 2.01. The molecule has 5 heteroatoms. The molecule has 0 bridgehead atoms. The van der Waals surface area contributed by atoms with Gasteiger partial charge in [-0.1, -0.05) is 0 Å². The summed E-state index contributed by atoms with van der Waals surface area (Å²) in [5.74, 6) is -0.685. The third kappa shape index (κ3) is 7.25. The van der Waals surface area contributed by atoms with Gasteiger partial charge in [0.1, 0.15) is 0 Å². The number of nitriles is 1. The fourth-order valence-electron chi connectivity index (χ4n) is 0.551. The Labute approximate surface area is 77.0 Å². The molecule has 13 heavy (non-hydrogen) atoms. The van der Waals surface area contributed by atoms with Crippen molar-refractivity contribution in [1.82, 2.24) is 0 Å². The van der Waals surface area contributed by atoms with E-state index < -0.39 is 5.97 Å². The van der Waals surface area contributed by atoms with E-state index in [-0.39, 0.29) is 12.3 Å². The Bertz CT molecular complexity index is 187. The largest absolute Gasteiger partial charge is 0.345 e. The topological polar surface area (TPSA) is 68.6 Å². The molecular formula is C8H13NO4. The number of nitrogens with zero attached hydrogens (tertiary/aromatic N) is 1. The van der Waals surface area contributed by atoms with Crippen LogP contribution in [-0.2, 0) is 19.6 Å². The van der Waals surface area contributed by atoms with Gasteiger partial charge in [-0.2, -0.15) is 10.1 Å². The van der Waals surface area contributed by atoms with E-state index in [1.54, 1.807) is 13.8 Å². The first kappa shape index (κ1) is 11.9. The Morgan fingerprint density at radius 2 is 2.31 bits per heavy atom. The minimum absolute atomic E-state index is 0.153. The van der Waals surface area contributed by atoms with Crippen LogP contribution in [0.5, 0.6) is 0 Å². The highest BCUT2D eigenvalue weighted by Gasteiger charge is 2.07. The zero-order valence-corrected chi connectivity index (χ0v) is 7.78. The molecule has 0 fully saturated rings. The first-order valence-corrected chi connectivity index (χ1v) is 4.09. The quantitative estimate of drug-likeness (QED) is 0.356. The SMILES string of the molecule is CCOOOC(=O)CCC(C)C#N. The van der Waals surface area contributed by atoms with Crippen LogP contribution in [0.15, 0.2) is 0 Å². The maximum atomic E-state index is 10.8. The Morgan fingerprint density at radius 3 is 2.85 bits per heavy atom. The summed E-state index contributed by atoms with van der Waals surface area (Å²) in [5, 5.41) is 12.5. The van der Waals surface area contributed by atoms with Crippen LogP contribution in [0.1, 0.15) is 26.7 Å². The van der Waals surface area contributed by atoms with Crippen LogP contribution in [-0.4, -0.2) is 12.6 Å². The van der Waals surface area contributed by atoms with Crippen LogP contribution >= 0.6 is 0 Å². The molecule has 0 aromatic heterocycles. The molecule has 5 nitrogen and oxygen atoms in total. The fraction of sp³-hybridized carbons (Fsp3) is 0.750. The molecule has 0 aromatic rings. The summed E-state index contributed by atoms with van der Waals surface area (Å²) in [6.07, 6.45) is 0.618. The zero-order chi connectivity index (χ0) is 10.1. The second-order valence-corrected chi connectivity index (χ2v) is 2.50. The van der Waals surface area contributed by atoms with Crippen molar-refractivity contribution in [1.29, 1.82) is 5.26 Å². The predicted octanol–water partition coefficient (Wildman–Crippen LogP) is 1.35. The van der Waals surface area contributed by atoms with E-state index in [1.807, 2.05) is 6.07 Å². The minimum atomic E-state index is -0.532. The molecule has 0 aliphatic carbocycles. The number of hydrogen-bond donors (Lipinski definition) is 0. The molecule has 0 rings (SSSR count). The van der Waals surface area contributed by atoms with E-state index >= 15 is 0 Å². The van der Waals surface area contributed by atoms with Crippen molar-refractivity contribution in [3.05, 3.63) is 0 Å². The summed E-state index contributed by atoms with van der Waals surface area (Å²) in [6.45, 7) is 3.74. The molecule has 0 N–H and O–H groups in total. The lowest BCUT2D eigenvalue weighted by Crippen LogP contribution is -2.07. The second-order valence-electron chi connectivity index (χ2n) is 2.50. The van der Waals surface area contributed by atoms with Gasteiger partial charge in [-0.15, -0.1) is 0 Å². The summed E-state index contributed by atoms with van der Waals surface area (Å²) in [5.41, 5.74) is 0. The third-order valence-electron chi connectivity index (χ3n) is 1.29. The number of rotatable bonds is 6. The van der Waals surface area contributed by atoms with Crippen molar-refractivity contribution in [3.8, 4) is 6.07 Å². The molecular weight excluding hydrogens is 174 g/mol. The molecule has 0 spiro atoms. The van der Waals surface area contributed by atoms with Gasteiger partial charge in [0.2, 0.25) is 0 Å². The molecule has 0 aromatic carbocycles. The average Bonchev–Trinajstić information content (AvgIpc) is 2.14. The first-order valence-electron chi connectivity index (χ1n) is 4.09. The van der Waals surface area contributed by atoms with Crippen LogP contribution in [0.25, 0.3) is 0 Å². The van der Waals surface area contributed by atoms with Gasteiger partial charge in [-0.05, 0) is 25.3 Å². The van der Waals surface area contributed by atoms with Crippen LogP contribution in [0, 0.1) is 17.2 Å². The van der Waals surface area contributed by atoms with Gasteiger partial charge in [-0.25, -0.2) is 4.79 Å². The Morgan fingerprint density at radius 1 is 1.62 bits per heavy atom. The molecule has 1 unspecified atom stereocenters. The molecule has 0 amide bonds. The van der Waals surface area contributed by atoms with E-state index in [1.165, 1.54) is 0 Å². The standard InChI is InChI=1S/C8H13NO4/c1-3-11-13-12-8(10)5-4-7(2)6-9/h7H,3-5H2,1-2H3. The predicted molar refractivity (Wildman–Crippen MR) is 42.8 cm³/mol. The molecule has 0 aliphatic heterocycles. The smallest absolute Gasteiger partial charge is 0.269 e. The first-order chi connectivity index (χ1) is 6.20. The summed E-state index contributed by atoms with van der Waals surface area (Å²) in [4.78, 5) is 19.3. The Hall–Kier alpha value is -1.12. The van der Waals surface area contributed by atoms with Crippen molar-refractivity contribution >= 4 is 5.97 Å². The fourth-order valence-corrected chi connectivity index (χ4v) is 0.551. The van der Waals surface area contributed by atoms with E-state index in [4.69, 9.17) is 5.26 Å². The molecule has 74 valence electrons. The Kier molecular flexibility index (Phi) is 6.88. The lowest BCUT2D eigenvalue weighted by atomic mass is 10.1. The van der Waals surface area contributed by atoms with Gasteiger partial charge in [0.25, 0.3) is 0 Å². The molecule has 0 saturated heterocycles. The molecule has 1 atom stereocenters. The maximum absolute atomic E-state index is 10.8. The molecule has 0 heterocycles. The number of carbonyl (C=O) groups excluding carboxylic acids is 1. The van der Waals surface area contributed by atoms with Crippen molar-refractivity contribution in [2.24, 2.45) is 5.92 Å². The third-order valence-corrected chi connectivity index (χ3v) is 1.29. The summed E-state index contributed by atoms with van der Waals surface area (Å²) >= 11 is 0. The lowest BCUT2D eigenvalue weighted by molar-refractivity contribution is -0.485. The van der Waals surface area contributed by atoms with Gasteiger partial charge >= 0.3 is 5.97 Å². The highest BCUT2D eigenvalue weighted by molar-refractivity contribution is 5.68. The van der Waals surface area contributed by atoms with Crippen molar-refractivity contribution in [2.75, 3.05) is 6.61 Å². The number of carbonyl (C=O) groups is 1. The highest BCUT2D eigenvalue weighted by Crippen LogP contribution is 2.04. The van der Waals surface area contributed by atoms with Crippen molar-refractivity contribution in [3.63, 3.8) is 0 Å². The van der Waals surface area contributed by atoms with Crippen molar-refractivity contribution < 1.29 is 19.6 Å². The van der Waals surface area contributed by atoms with E-state index in [9.17, 15) is 4.79 Å². The highest BCUT2D eigenvalue weighted by atomic mass is 17.5. The second kappa shape index (κ2) is 7.53. The van der Waals surface area contributed by atoms with Crippen LogP contribution in [0.4, 0.5) is 0 Å². The average molecular weight is 187 g/mol. The van der Waals surface area contributed by atoms with E-state index in [2.05, 4.69) is 14.8 Å². The normalized spacial score (nSPS) is 11.8. The van der Waals surface area contributed by atoms with Crippen LogP contribution < -0.4 is 0 Å². The molecule has 0 radical (unpaired) electrons. The van der Waals surface area contributed by atoms with Crippen LogP contribution in [0.3, 0.4) is 0 Å². The Balaban J connectivity index is 3.36. The maximum Gasteiger partial charge on any atom is 0.345 e. The van der Waals surface area contributed by atoms with Gasteiger partial charge in [0.15, 0.2) is 0 Å². The lowest BCUT2D eigenvalue weighted by Gasteiger charge is -2.01. The van der Waals surface area contributed by atoms with E-state index in [0.29, 0.717) is 13.0 Å². The van der Waals surface area contributed by atoms with Crippen LogP contribution in [0.2, 0.25) is 0 Å². The monoisotopic (exact) mass is 187 g/mol. The van der Waals surface area contributed by atoms with Crippen molar-refractivity contribution in [2.45, 2.75) is 26.7 Å². The molecule has 0 aliphatic rings. The molecule has 0 saturated carbocycles. The minimum Gasteiger partial charge on any atom is -0.269 e. The zero-order valence-electron chi connectivity index (χ0n) is 7.78. The van der Waals surface area contributed by atoms with Gasteiger partial charge in [0, 0.05) is 5.92 Å². The van der Waals surface area contributed by atoms with Gasteiger partial charge in [0.05, 0.1) is 19.1 Å². The van der Waals surface area contributed by atoms with Gasteiger partial charge < -0.3 is 0 Å². The van der Waals surface area contributed by atoms with E-state index in [0.717, 1.165) is 0 Å². The summed E-state index contributed by atoms with van der Waals surface area (Å²) in [7, 11) is 0. The summed E-state index contributed by atoms with van der Waals surface area (Å²) < 4.78 is 0. The number of hydrogen-bond acceptors (Lipinski definition) is 5. The van der Waals surface area contributed by atoms with Gasteiger partial charge in [-0.3, -0.25) is 4.89 Å².